The first kappa shape index (κ1) is 23.4. The van der Waals surface area contributed by atoms with E-state index in [4.69, 9.17) is 14.2 Å². The highest BCUT2D eigenvalue weighted by atomic mass is 16.5. The van der Waals surface area contributed by atoms with Crippen molar-refractivity contribution in [3.05, 3.63) is 59.2 Å². The van der Waals surface area contributed by atoms with Gasteiger partial charge in [0, 0.05) is 44.2 Å². The van der Waals surface area contributed by atoms with Gasteiger partial charge in [0.05, 0.1) is 20.3 Å². The summed E-state index contributed by atoms with van der Waals surface area (Å²) in [7, 11) is 3.29. The zero-order chi connectivity index (χ0) is 22.8. The number of ether oxygens (including phenoxy) is 3. The molecule has 8 nitrogen and oxygen atoms in total. The topological polar surface area (TPSA) is 93.2 Å². The average Bonchev–Trinajstić information content (AvgIpc) is 3.32. The third kappa shape index (κ3) is 6.88. The summed E-state index contributed by atoms with van der Waals surface area (Å²) in [6.45, 7) is 4.98. The van der Waals surface area contributed by atoms with Gasteiger partial charge in [-0.1, -0.05) is 18.2 Å². The van der Waals surface area contributed by atoms with Gasteiger partial charge in [-0.3, -0.25) is 9.79 Å². The van der Waals surface area contributed by atoms with Gasteiger partial charge in [-0.05, 0) is 36.8 Å². The summed E-state index contributed by atoms with van der Waals surface area (Å²) >= 11 is 0. The van der Waals surface area contributed by atoms with Crippen LogP contribution in [-0.2, 0) is 11.3 Å². The number of nitrogens with zero attached hydrogens (tertiary/aromatic N) is 1. The number of amides is 1. The number of rotatable bonds is 9. The molecular weight excluding hydrogens is 408 g/mol. The van der Waals surface area contributed by atoms with E-state index >= 15 is 0 Å². The second-order valence-electron chi connectivity index (χ2n) is 7.56. The summed E-state index contributed by atoms with van der Waals surface area (Å²) in [5.74, 6) is 2.02. The summed E-state index contributed by atoms with van der Waals surface area (Å²) in [6, 6.07) is 13.3. The van der Waals surface area contributed by atoms with E-state index in [2.05, 4.69) is 46.1 Å². The van der Waals surface area contributed by atoms with Crippen LogP contribution in [0.2, 0.25) is 0 Å². The number of benzene rings is 2. The Bertz CT molecular complexity index is 926. The second-order valence-corrected chi connectivity index (χ2v) is 7.56. The van der Waals surface area contributed by atoms with Gasteiger partial charge in [0.2, 0.25) is 0 Å². The Balaban J connectivity index is 1.45. The molecule has 1 saturated heterocycles. The maximum Gasteiger partial charge on any atom is 0.251 e. The monoisotopic (exact) mass is 440 g/mol. The molecule has 1 fully saturated rings. The lowest BCUT2D eigenvalue weighted by molar-refractivity contribution is 0.0954. The molecule has 32 heavy (non-hydrogen) atoms. The third-order valence-electron chi connectivity index (χ3n) is 5.11. The summed E-state index contributed by atoms with van der Waals surface area (Å²) in [6.07, 6.45) is 1.01. The predicted octanol–water partition coefficient (Wildman–Crippen LogP) is 2.27. The van der Waals surface area contributed by atoms with Crippen molar-refractivity contribution in [2.24, 2.45) is 4.99 Å². The molecule has 0 radical (unpaired) electrons. The zero-order valence-electron chi connectivity index (χ0n) is 18.9. The molecule has 2 aromatic rings. The van der Waals surface area contributed by atoms with E-state index in [0.717, 1.165) is 29.9 Å². The SMILES string of the molecule is CN=C(NCCNC(=O)c1cccc(OC)c1)NCc1ccc(C)cc1OC1CCOC1. The number of carbonyl (C=O) groups is 1. The lowest BCUT2D eigenvalue weighted by atomic mass is 10.1. The fourth-order valence-electron chi connectivity index (χ4n) is 3.33. The van der Waals surface area contributed by atoms with E-state index in [1.807, 2.05) is 0 Å². The number of guanidine groups is 1. The Hall–Kier alpha value is -3.26. The largest absolute Gasteiger partial charge is 0.497 e. The van der Waals surface area contributed by atoms with Crippen molar-refractivity contribution >= 4 is 11.9 Å². The minimum absolute atomic E-state index is 0.0983. The van der Waals surface area contributed by atoms with Crippen LogP contribution in [-0.4, -0.2) is 58.4 Å². The van der Waals surface area contributed by atoms with Crippen molar-refractivity contribution in [3.8, 4) is 11.5 Å². The van der Waals surface area contributed by atoms with Crippen molar-refractivity contribution in [2.75, 3.05) is 40.5 Å². The smallest absolute Gasteiger partial charge is 0.251 e. The van der Waals surface area contributed by atoms with Gasteiger partial charge in [-0.15, -0.1) is 0 Å². The van der Waals surface area contributed by atoms with Gasteiger partial charge in [-0.2, -0.15) is 0 Å². The molecule has 172 valence electrons. The van der Waals surface area contributed by atoms with Crippen molar-refractivity contribution in [1.29, 1.82) is 0 Å². The molecule has 3 rings (SSSR count). The normalized spacial score (nSPS) is 15.8. The summed E-state index contributed by atoms with van der Waals surface area (Å²) in [5.41, 5.74) is 2.76. The Kier molecular flexibility index (Phi) is 8.74. The van der Waals surface area contributed by atoms with Crippen LogP contribution in [0, 0.1) is 6.92 Å². The summed E-state index contributed by atoms with van der Waals surface area (Å²) in [5, 5.41) is 9.40. The molecule has 1 atom stereocenters. The highest BCUT2D eigenvalue weighted by Crippen LogP contribution is 2.23. The number of aryl methyl sites for hydroxylation is 1. The summed E-state index contributed by atoms with van der Waals surface area (Å²) < 4.78 is 16.7. The molecular formula is C24H32N4O4. The molecule has 1 heterocycles. The molecule has 1 aliphatic rings. The maximum atomic E-state index is 12.3. The summed E-state index contributed by atoms with van der Waals surface area (Å²) in [4.78, 5) is 16.5. The van der Waals surface area contributed by atoms with Crippen molar-refractivity contribution in [2.45, 2.75) is 26.0 Å². The minimum Gasteiger partial charge on any atom is -0.497 e. The molecule has 0 bridgehead atoms. The van der Waals surface area contributed by atoms with Crippen LogP contribution < -0.4 is 25.4 Å². The minimum atomic E-state index is -0.147. The van der Waals surface area contributed by atoms with Gasteiger partial charge in [0.15, 0.2) is 5.96 Å². The van der Waals surface area contributed by atoms with E-state index in [0.29, 0.717) is 43.5 Å². The molecule has 3 N–H and O–H groups in total. The number of aliphatic imine (C=N–C) groups is 1. The van der Waals surface area contributed by atoms with Crippen molar-refractivity contribution < 1.29 is 19.0 Å². The molecule has 8 heteroatoms. The average molecular weight is 441 g/mol. The third-order valence-corrected chi connectivity index (χ3v) is 5.11. The van der Waals surface area contributed by atoms with Crippen LogP contribution in [0.4, 0.5) is 0 Å². The molecule has 0 saturated carbocycles. The lowest BCUT2D eigenvalue weighted by Crippen LogP contribution is -2.41. The van der Waals surface area contributed by atoms with Crippen LogP contribution in [0.5, 0.6) is 11.5 Å². The van der Waals surface area contributed by atoms with Gasteiger partial charge in [-0.25, -0.2) is 0 Å². The van der Waals surface area contributed by atoms with Crippen LogP contribution in [0.15, 0.2) is 47.5 Å². The van der Waals surface area contributed by atoms with Gasteiger partial charge in [0.25, 0.3) is 5.91 Å². The predicted molar refractivity (Wildman–Crippen MR) is 125 cm³/mol. The van der Waals surface area contributed by atoms with Crippen molar-refractivity contribution in [3.63, 3.8) is 0 Å². The number of hydrogen-bond donors (Lipinski definition) is 3. The van der Waals surface area contributed by atoms with Crippen LogP contribution in [0.25, 0.3) is 0 Å². The van der Waals surface area contributed by atoms with Gasteiger partial charge >= 0.3 is 0 Å². The van der Waals surface area contributed by atoms with E-state index in [9.17, 15) is 4.79 Å². The first-order valence-corrected chi connectivity index (χ1v) is 10.8. The molecule has 0 aromatic heterocycles. The van der Waals surface area contributed by atoms with Crippen LogP contribution in [0.3, 0.4) is 0 Å². The number of carbonyl (C=O) groups excluding carboxylic acids is 1. The standard InChI is InChI=1S/C24H32N4O4/c1-17-7-8-19(22(13-17)32-21-9-12-31-16-21)15-28-24(25-2)27-11-10-26-23(29)18-5-4-6-20(14-18)30-3/h4-8,13-14,21H,9-12,15-16H2,1-3H3,(H,26,29)(H2,25,27,28). The molecule has 1 amide bonds. The lowest BCUT2D eigenvalue weighted by Gasteiger charge is -2.18. The van der Waals surface area contributed by atoms with Gasteiger partial charge < -0.3 is 30.2 Å². The fourth-order valence-corrected chi connectivity index (χ4v) is 3.33. The fraction of sp³-hybridized carbons (Fsp3) is 0.417. The van der Waals surface area contributed by atoms with E-state index in [1.165, 1.54) is 0 Å². The van der Waals surface area contributed by atoms with Crippen LogP contribution >= 0.6 is 0 Å². The van der Waals surface area contributed by atoms with E-state index in [-0.39, 0.29) is 12.0 Å². The highest BCUT2D eigenvalue weighted by molar-refractivity contribution is 5.94. The van der Waals surface area contributed by atoms with Gasteiger partial charge in [0.1, 0.15) is 17.6 Å². The molecule has 1 aliphatic heterocycles. The van der Waals surface area contributed by atoms with E-state index in [1.54, 1.807) is 38.4 Å². The Morgan fingerprint density at radius 1 is 1.16 bits per heavy atom. The first-order valence-electron chi connectivity index (χ1n) is 10.8. The maximum absolute atomic E-state index is 12.3. The van der Waals surface area contributed by atoms with E-state index < -0.39 is 0 Å². The Morgan fingerprint density at radius 3 is 2.75 bits per heavy atom. The Labute approximate surface area is 189 Å². The molecule has 2 aromatic carbocycles. The number of hydrogen-bond acceptors (Lipinski definition) is 5. The molecule has 0 aliphatic carbocycles. The Morgan fingerprint density at radius 2 is 2.00 bits per heavy atom. The highest BCUT2D eigenvalue weighted by Gasteiger charge is 2.18. The zero-order valence-corrected chi connectivity index (χ0v) is 18.9. The first-order chi connectivity index (χ1) is 15.6. The quantitative estimate of drug-likeness (QED) is 0.315. The number of nitrogens with one attached hydrogen (secondary N) is 3. The molecule has 0 spiro atoms. The second kappa shape index (κ2) is 12.0. The van der Waals surface area contributed by atoms with Crippen molar-refractivity contribution in [1.82, 2.24) is 16.0 Å². The van der Waals surface area contributed by atoms with Crippen LogP contribution in [0.1, 0.15) is 27.9 Å². The molecule has 1 unspecified atom stereocenters. The number of methoxy groups -OCH3 is 1.